The van der Waals surface area contributed by atoms with Crippen LogP contribution in [-0.4, -0.2) is 32.8 Å². The van der Waals surface area contributed by atoms with Gasteiger partial charge in [-0.25, -0.2) is 0 Å². The molecule has 0 heterocycles. The lowest BCUT2D eigenvalue weighted by Gasteiger charge is -2.10. The molecule has 0 saturated carbocycles. The number of amides is 1. The highest BCUT2D eigenvalue weighted by Crippen LogP contribution is 2.22. The second-order valence-corrected chi connectivity index (χ2v) is 4.84. The zero-order valence-electron chi connectivity index (χ0n) is 10.9. The molecule has 1 rings (SSSR count). The fourth-order valence-corrected chi connectivity index (χ4v) is 1.83. The van der Waals surface area contributed by atoms with Gasteiger partial charge in [0.1, 0.15) is 5.75 Å². The molecular weight excluding hydrogens is 312 g/mol. The van der Waals surface area contributed by atoms with E-state index < -0.39 is 0 Å². The van der Waals surface area contributed by atoms with E-state index in [9.17, 15) is 4.79 Å². The van der Waals surface area contributed by atoms with E-state index in [-0.39, 0.29) is 12.3 Å². The first-order chi connectivity index (χ1) is 9.13. The third-order valence-corrected chi connectivity index (χ3v) is 3.21. The van der Waals surface area contributed by atoms with E-state index in [1.165, 1.54) is 0 Å². The van der Waals surface area contributed by atoms with Gasteiger partial charge in [0, 0.05) is 24.7 Å². The molecule has 0 bridgehead atoms. The van der Waals surface area contributed by atoms with Crippen molar-refractivity contribution in [1.82, 2.24) is 5.32 Å². The minimum Gasteiger partial charge on any atom is -0.493 e. The standard InChI is InChI=1S/C13H19BrN2O3/c1-18-7-5-16-9-10-8-11(2-3-12(10)14)19-6-4-13(15)17/h2-3,8,16H,4-7,9H2,1H3,(H2,15,17). The van der Waals surface area contributed by atoms with Crippen LogP contribution in [0.5, 0.6) is 5.75 Å². The third-order valence-electron chi connectivity index (χ3n) is 2.43. The zero-order chi connectivity index (χ0) is 14.1. The topological polar surface area (TPSA) is 73.6 Å². The highest BCUT2D eigenvalue weighted by atomic mass is 79.9. The minimum absolute atomic E-state index is 0.220. The molecule has 1 aromatic carbocycles. The number of benzene rings is 1. The maximum absolute atomic E-state index is 10.6. The lowest BCUT2D eigenvalue weighted by molar-refractivity contribution is -0.118. The van der Waals surface area contributed by atoms with Crippen LogP contribution in [0, 0.1) is 0 Å². The molecule has 0 aliphatic heterocycles. The molecule has 5 nitrogen and oxygen atoms in total. The van der Waals surface area contributed by atoms with Gasteiger partial charge in [-0.05, 0) is 23.8 Å². The van der Waals surface area contributed by atoms with E-state index in [4.69, 9.17) is 15.2 Å². The number of hydrogen-bond acceptors (Lipinski definition) is 4. The first-order valence-corrected chi connectivity index (χ1v) is 6.82. The summed E-state index contributed by atoms with van der Waals surface area (Å²) in [6.07, 6.45) is 0.220. The quantitative estimate of drug-likeness (QED) is 0.672. The van der Waals surface area contributed by atoms with Crippen molar-refractivity contribution in [2.75, 3.05) is 26.9 Å². The van der Waals surface area contributed by atoms with Gasteiger partial charge in [-0.1, -0.05) is 15.9 Å². The van der Waals surface area contributed by atoms with Gasteiger partial charge in [0.15, 0.2) is 0 Å². The second-order valence-electron chi connectivity index (χ2n) is 3.99. The third kappa shape index (κ3) is 6.56. The fraction of sp³-hybridized carbons (Fsp3) is 0.462. The number of halogens is 1. The SMILES string of the molecule is COCCNCc1cc(OCCC(N)=O)ccc1Br. The van der Waals surface area contributed by atoms with Gasteiger partial charge in [-0.3, -0.25) is 4.79 Å². The molecule has 106 valence electrons. The first-order valence-electron chi connectivity index (χ1n) is 6.02. The summed E-state index contributed by atoms with van der Waals surface area (Å²) in [6.45, 7) is 2.48. The molecule has 1 amide bonds. The van der Waals surface area contributed by atoms with Crippen molar-refractivity contribution in [1.29, 1.82) is 0 Å². The average Bonchev–Trinajstić information content (AvgIpc) is 2.37. The predicted octanol–water partition coefficient (Wildman–Crippen LogP) is 1.44. The molecule has 0 atom stereocenters. The van der Waals surface area contributed by atoms with E-state index in [1.54, 1.807) is 7.11 Å². The predicted molar refractivity (Wildman–Crippen MR) is 77.0 cm³/mol. The molecule has 0 aromatic heterocycles. The molecule has 0 unspecified atom stereocenters. The van der Waals surface area contributed by atoms with Gasteiger partial charge < -0.3 is 20.5 Å². The van der Waals surface area contributed by atoms with Gasteiger partial charge >= 0.3 is 0 Å². The summed E-state index contributed by atoms with van der Waals surface area (Å²) in [4.78, 5) is 10.6. The Balaban J connectivity index is 2.48. The fourth-order valence-electron chi connectivity index (χ4n) is 1.44. The Hall–Kier alpha value is -1.11. The largest absolute Gasteiger partial charge is 0.493 e. The molecule has 0 saturated heterocycles. The minimum atomic E-state index is -0.362. The monoisotopic (exact) mass is 330 g/mol. The maximum Gasteiger partial charge on any atom is 0.220 e. The summed E-state index contributed by atoms with van der Waals surface area (Å²) in [5.74, 6) is 0.367. The van der Waals surface area contributed by atoms with Crippen LogP contribution in [0.4, 0.5) is 0 Å². The average molecular weight is 331 g/mol. The van der Waals surface area contributed by atoms with Gasteiger partial charge in [0.05, 0.1) is 19.6 Å². The Morgan fingerprint density at radius 3 is 2.89 bits per heavy atom. The van der Waals surface area contributed by atoms with Crippen LogP contribution >= 0.6 is 15.9 Å². The van der Waals surface area contributed by atoms with Gasteiger partial charge in [0.2, 0.25) is 5.91 Å². The summed E-state index contributed by atoms with van der Waals surface area (Å²) in [6, 6.07) is 5.71. The van der Waals surface area contributed by atoms with Crippen molar-refractivity contribution in [2.45, 2.75) is 13.0 Å². The van der Waals surface area contributed by atoms with E-state index >= 15 is 0 Å². The Morgan fingerprint density at radius 1 is 1.42 bits per heavy atom. The number of methoxy groups -OCH3 is 1. The molecule has 0 aliphatic carbocycles. The number of carbonyl (C=O) groups is 1. The second kappa shape index (κ2) is 8.90. The number of nitrogens with two attached hydrogens (primary N) is 1. The van der Waals surface area contributed by atoms with Crippen LogP contribution in [0.25, 0.3) is 0 Å². The first kappa shape index (κ1) is 15.9. The van der Waals surface area contributed by atoms with Crippen LogP contribution in [0.1, 0.15) is 12.0 Å². The molecule has 0 fully saturated rings. The van der Waals surface area contributed by atoms with Crippen molar-refractivity contribution < 1.29 is 14.3 Å². The van der Waals surface area contributed by atoms with Crippen molar-refractivity contribution in [3.8, 4) is 5.75 Å². The number of carbonyl (C=O) groups excluding carboxylic acids is 1. The van der Waals surface area contributed by atoms with Crippen LogP contribution in [-0.2, 0) is 16.1 Å². The highest BCUT2D eigenvalue weighted by molar-refractivity contribution is 9.10. The van der Waals surface area contributed by atoms with Gasteiger partial charge in [0.25, 0.3) is 0 Å². The molecular formula is C13H19BrN2O3. The number of primary amides is 1. The molecule has 6 heteroatoms. The molecule has 0 spiro atoms. The Bertz CT molecular complexity index is 413. The van der Waals surface area contributed by atoms with Crippen molar-refractivity contribution in [2.24, 2.45) is 5.73 Å². The molecule has 0 aliphatic rings. The lowest BCUT2D eigenvalue weighted by atomic mass is 10.2. The molecule has 0 radical (unpaired) electrons. The van der Waals surface area contributed by atoms with E-state index in [2.05, 4.69) is 21.2 Å². The van der Waals surface area contributed by atoms with E-state index in [0.717, 1.165) is 28.9 Å². The lowest BCUT2D eigenvalue weighted by Crippen LogP contribution is -2.19. The summed E-state index contributed by atoms with van der Waals surface area (Å²) in [7, 11) is 1.67. The number of ether oxygens (including phenoxy) is 2. The Morgan fingerprint density at radius 2 is 2.21 bits per heavy atom. The molecule has 19 heavy (non-hydrogen) atoms. The number of nitrogens with one attached hydrogen (secondary N) is 1. The maximum atomic E-state index is 10.6. The Kier molecular flexibility index (Phi) is 7.47. The Labute approximate surface area is 121 Å². The van der Waals surface area contributed by atoms with E-state index in [0.29, 0.717) is 13.2 Å². The smallest absolute Gasteiger partial charge is 0.220 e. The molecule has 3 N–H and O–H groups in total. The van der Waals surface area contributed by atoms with E-state index in [1.807, 2.05) is 18.2 Å². The normalized spacial score (nSPS) is 10.4. The summed E-state index contributed by atoms with van der Waals surface area (Å²) in [5.41, 5.74) is 6.15. The van der Waals surface area contributed by atoms with Crippen molar-refractivity contribution in [3.63, 3.8) is 0 Å². The molecule has 1 aromatic rings. The zero-order valence-corrected chi connectivity index (χ0v) is 12.5. The summed E-state index contributed by atoms with van der Waals surface area (Å²) >= 11 is 3.49. The summed E-state index contributed by atoms with van der Waals surface area (Å²) < 4.78 is 11.4. The summed E-state index contributed by atoms with van der Waals surface area (Å²) in [5, 5.41) is 3.26. The van der Waals surface area contributed by atoms with Crippen LogP contribution in [0.3, 0.4) is 0 Å². The van der Waals surface area contributed by atoms with Crippen LogP contribution in [0.2, 0.25) is 0 Å². The van der Waals surface area contributed by atoms with Gasteiger partial charge in [-0.15, -0.1) is 0 Å². The number of rotatable bonds is 9. The van der Waals surface area contributed by atoms with Gasteiger partial charge in [-0.2, -0.15) is 0 Å². The van der Waals surface area contributed by atoms with Crippen LogP contribution < -0.4 is 15.8 Å². The van der Waals surface area contributed by atoms with Crippen LogP contribution in [0.15, 0.2) is 22.7 Å². The van der Waals surface area contributed by atoms with Crippen molar-refractivity contribution in [3.05, 3.63) is 28.2 Å². The van der Waals surface area contributed by atoms with Crippen molar-refractivity contribution >= 4 is 21.8 Å². The number of hydrogen-bond donors (Lipinski definition) is 2. The highest BCUT2D eigenvalue weighted by Gasteiger charge is 2.03.